The van der Waals surface area contributed by atoms with Crippen molar-refractivity contribution in [2.24, 2.45) is 0 Å². The van der Waals surface area contributed by atoms with Crippen LogP contribution in [0.15, 0.2) is 12.1 Å². The summed E-state index contributed by atoms with van der Waals surface area (Å²) in [5.74, 6) is -0.567. The minimum atomic E-state index is -0.389. The van der Waals surface area contributed by atoms with Crippen molar-refractivity contribution in [1.29, 1.82) is 0 Å². The molecule has 0 spiro atoms. The second-order valence-electron chi connectivity index (χ2n) is 4.88. The average molecular weight is 282 g/mol. The molecule has 0 amide bonds. The highest BCUT2D eigenvalue weighted by atomic mass is 32.1. The Labute approximate surface area is 115 Å². The first kappa shape index (κ1) is 13.9. The molecule has 0 saturated carbocycles. The minimum Gasteiger partial charge on any atom is -0.375 e. The molecule has 2 N–H and O–H groups in total. The minimum absolute atomic E-state index is 0.210. The van der Waals surface area contributed by atoms with Crippen LogP contribution in [0, 0.1) is 18.6 Å². The average Bonchev–Trinajstić information content (AvgIpc) is 2.67. The van der Waals surface area contributed by atoms with Gasteiger partial charge in [-0.1, -0.05) is 13.8 Å². The van der Waals surface area contributed by atoms with E-state index in [4.69, 9.17) is 5.73 Å². The Morgan fingerprint density at radius 2 is 1.95 bits per heavy atom. The van der Waals surface area contributed by atoms with Crippen molar-refractivity contribution in [1.82, 2.24) is 4.98 Å². The summed E-state index contributed by atoms with van der Waals surface area (Å²) < 4.78 is 27.4. The molecule has 2 aromatic rings. The number of hydrogen-bond donors (Lipinski definition) is 1. The second kappa shape index (κ2) is 5.25. The Morgan fingerprint density at radius 1 is 1.26 bits per heavy atom. The number of aryl methyl sites for hydroxylation is 1. The molecule has 2 rings (SSSR count). The normalized spacial score (nSPS) is 11.3. The zero-order valence-electron chi connectivity index (χ0n) is 11.1. The molecule has 0 fully saturated rings. The van der Waals surface area contributed by atoms with Crippen molar-refractivity contribution in [2.75, 3.05) is 5.73 Å². The molecular weight excluding hydrogens is 266 g/mol. The Hall–Kier alpha value is -1.49. The Bertz CT molecular complexity index is 606. The van der Waals surface area contributed by atoms with E-state index in [9.17, 15) is 8.78 Å². The van der Waals surface area contributed by atoms with Crippen molar-refractivity contribution >= 4 is 16.5 Å². The van der Waals surface area contributed by atoms with E-state index in [-0.39, 0.29) is 17.6 Å². The highest BCUT2D eigenvalue weighted by Crippen LogP contribution is 2.29. The Kier molecular flexibility index (Phi) is 3.85. The highest BCUT2D eigenvalue weighted by Gasteiger charge is 2.16. The molecule has 0 radical (unpaired) electrons. The predicted octanol–water partition coefficient (Wildman–Crippen LogP) is 4.03. The summed E-state index contributed by atoms with van der Waals surface area (Å²) in [6.07, 6.45) is 0.325. The number of anilines is 1. The number of thiazole rings is 1. The zero-order valence-corrected chi connectivity index (χ0v) is 11.9. The molecule has 0 aliphatic carbocycles. The molecule has 1 aromatic carbocycles. The molecule has 0 unspecified atom stereocenters. The lowest BCUT2D eigenvalue weighted by Crippen LogP contribution is -1.99. The van der Waals surface area contributed by atoms with Gasteiger partial charge in [-0.25, -0.2) is 13.8 Å². The van der Waals surface area contributed by atoms with Crippen LogP contribution in [0.5, 0.6) is 0 Å². The van der Waals surface area contributed by atoms with Gasteiger partial charge in [0.15, 0.2) is 5.13 Å². The predicted molar refractivity (Wildman–Crippen MR) is 74.5 cm³/mol. The van der Waals surface area contributed by atoms with Gasteiger partial charge >= 0.3 is 0 Å². The zero-order chi connectivity index (χ0) is 14.2. The largest absolute Gasteiger partial charge is 0.375 e. The van der Waals surface area contributed by atoms with Crippen LogP contribution in [0.3, 0.4) is 0 Å². The lowest BCUT2D eigenvalue weighted by molar-refractivity contribution is 0.581. The van der Waals surface area contributed by atoms with Gasteiger partial charge in [-0.3, -0.25) is 0 Å². The maximum Gasteiger partial charge on any atom is 0.180 e. The molecule has 5 heteroatoms. The molecule has 0 aliphatic rings. The van der Waals surface area contributed by atoms with Gasteiger partial charge in [-0.05, 0) is 36.1 Å². The number of nitrogen functional groups attached to an aromatic ring is 1. The fourth-order valence-corrected chi connectivity index (χ4v) is 2.97. The van der Waals surface area contributed by atoms with E-state index in [2.05, 4.69) is 4.98 Å². The van der Waals surface area contributed by atoms with Crippen LogP contribution < -0.4 is 5.73 Å². The number of halogens is 2. The van der Waals surface area contributed by atoms with Gasteiger partial charge in [0.1, 0.15) is 11.6 Å². The summed E-state index contributed by atoms with van der Waals surface area (Å²) in [6, 6.07) is 2.48. The third-order valence-electron chi connectivity index (χ3n) is 2.97. The monoisotopic (exact) mass is 282 g/mol. The van der Waals surface area contributed by atoms with Gasteiger partial charge < -0.3 is 5.73 Å². The molecule has 0 aliphatic heterocycles. The first-order valence-electron chi connectivity index (χ1n) is 6.08. The molecule has 0 saturated heterocycles. The summed E-state index contributed by atoms with van der Waals surface area (Å²) in [5, 5.41) is 0.465. The van der Waals surface area contributed by atoms with Crippen LogP contribution in [0.2, 0.25) is 0 Å². The van der Waals surface area contributed by atoms with Gasteiger partial charge in [-0.2, -0.15) is 0 Å². The van der Waals surface area contributed by atoms with Crippen molar-refractivity contribution < 1.29 is 8.78 Å². The summed E-state index contributed by atoms with van der Waals surface area (Å²) in [7, 11) is 0. The van der Waals surface area contributed by atoms with E-state index in [1.54, 1.807) is 6.92 Å². The Balaban J connectivity index is 2.39. The van der Waals surface area contributed by atoms with Gasteiger partial charge in [0.25, 0.3) is 0 Å². The Morgan fingerprint density at radius 3 is 2.58 bits per heavy atom. The van der Waals surface area contributed by atoms with Gasteiger partial charge in [0.05, 0.1) is 5.69 Å². The van der Waals surface area contributed by atoms with Crippen LogP contribution in [0.1, 0.15) is 41.5 Å². The third kappa shape index (κ3) is 2.92. The van der Waals surface area contributed by atoms with Gasteiger partial charge in [0, 0.05) is 11.3 Å². The third-order valence-corrected chi connectivity index (χ3v) is 3.87. The number of hydrogen-bond acceptors (Lipinski definition) is 3. The molecule has 1 heterocycles. The molecule has 0 atom stereocenters. The van der Waals surface area contributed by atoms with Crippen molar-refractivity contribution in [3.05, 3.63) is 45.5 Å². The number of nitrogens with zero attached hydrogens (tertiary/aromatic N) is 1. The van der Waals surface area contributed by atoms with Gasteiger partial charge in [0.2, 0.25) is 0 Å². The summed E-state index contributed by atoms with van der Waals surface area (Å²) in [4.78, 5) is 5.15. The summed E-state index contributed by atoms with van der Waals surface area (Å²) >= 11 is 1.33. The van der Waals surface area contributed by atoms with Crippen molar-refractivity contribution in [3.63, 3.8) is 0 Å². The standard InChI is InChI=1S/C14H16F2N2S/c1-7(2)13-12(19-14(17)18-13)6-9-5-10(15)8(3)4-11(9)16/h4-5,7H,6H2,1-3H3,(H2,17,18). The number of aromatic nitrogens is 1. The molecular formula is C14H16F2N2S. The van der Waals surface area contributed by atoms with Crippen molar-refractivity contribution in [2.45, 2.75) is 33.1 Å². The first-order chi connectivity index (χ1) is 8.88. The van der Waals surface area contributed by atoms with Crippen LogP contribution in [0.25, 0.3) is 0 Å². The van der Waals surface area contributed by atoms with Crippen LogP contribution >= 0.6 is 11.3 Å². The molecule has 2 nitrogen and oxygen atoms in total. The smallest absolute Gasteiger partial charge is 0.180 e. The quantitative estimate of drug-likeness (QED) is 0.923. The molecule has 0 bridgehead atoms. The van der Waals surface area contributed by atoms with Crippen LogP contribution in [-0.4, -0.2) is 4.98 Å². The van der Waals surface area contributed by atoms with E-state index in [1.165, 1.54) is 23.5 Å². The molecule has 102 valence electrons. The highest BCUT2D eigenvalue weighted by molar-refractivity contribution is 7.15. The molecule has 19 heavy (non-hydrogen) atoms. The maximum absolute atomic E-state index is 13.8. The first-order valence-corrected chi connectivity index (χ1v) is 6.89. The van der Waals surface area contributed by atoms with E-state index < -0.39 is 0 Å². The number of benzene rings is 1. The lowest BCUT2D eigenvalue weighted by Gasteiger charge is -2.07. The summed E-state index contributed by atoms with van der Waals surface area (Å²) in [6.45, 7) is 5.56. The van der Waals surface area contributed by atoms with Crippen molar-refractivity contribution in [3.8, 4) is 0 Å². The van der Waals surface area contributed by atoms with E-state index in [0.29, 0.717) is 22.7 Å². The SMILES string of the molecule is Cc1cc(F)c(Cc2sc(N)nc2C(C)C)cc1F. The topological polar surface area (TPSA) is 38.9 Å². The number of rotatable bonds is 3. The van der Waals surface area contributed by atoms with E-state index in [0.717, 1.165) is 10.6 Å². The van der Waals surface area contributed by atoms with E-state index >= 15 is 0 Å². The maximum atomic E-state index is 13.8. The second-order valence-corrected chi connectivity index (χ2v) is 6.00. The van der Waals surface area contributed by atoms with Crippen LogP contribution in [-0.2, 0) is 6.42 Å². The fourth-order valence-electron chi connectivity index (χ4n) is 1.96. The molecule has 1 aromatic heterocycles. The van der Waals surface area contributed by atoms with Gasteiger partial charge in [-0.15, -0.1) is 11.3 Å². The fraction of sp³-hybridized carbons (Fsp3) is 0.357. The summed E-state index contributed by atoms with van der Waals surface area (Å²) in [5.41, 5.74) is 7.22. The van der Waals surface area contributed by atoms with E-state index in [1.807, 2.05) is 13.8 Å². The number of nitrogens with two attached hydrogens (primary N) is 1. The van der Waals surface area contributed by atoms with Crippen LogP contribution in [0.4, 0.5) is 13.9 Å². The lowest BCUT2D eigenvalue weighted by atomic mass is 10.0.